The summed E-state index contributed by atoms with van der Waals surface area (Å²) >= 11 is 6.80. The Hall–Kier alpha value is -3.66. The lowest BCUT2D eigenvalue weighted by molar-refractivity contribution is 0.0407. The number of benzene rings is 2. The van der Waals surface area contributed by atoms with E-state index in [1.807, 2.05) is 37.4 Å². The normalized spacial score (nSPS) is 24.3. The average Bonchev–Trinajstić information content (AvgIpc) is 3.38. The fourth-order valence-corrected chi connectivity index (χ4v) is 8.33. The molecule has 4 aliphatic heterocycles. The molecule has 0 saturated carbocycles. The summed E-state index contributed by atoms with van der Waals surface area (Å²) in [7, 11) is 0. The zero-order valence-electron chi connectivity index (χ0n) is 25.3. The topological polar surface area (TPSA) is 95.8 Å². The molecular formula is C34H37ClN6O3. The van der Waals surface area contributed by atoms with Crippen molar-refractivity contribution in [3.8, 4) is 11.4 Å². The van der Waals surface area contributed by atoms with Crippen molar-refractivity contribution >= 4 is 33.9 Å². The summed E-state index contributed by atoms with van der Waals surface area (Å²) in [6.45, 7) is 8.61. The standard InChI is InChI=1S/C34H37ClN6O3/c1-18(2)31-32(19(3)9-11-36-31)41-27-16-39(26-14-22(42)13-20-5-4-6-23(35)29(20)26)17-28-30(27)33(38-34(41)43)40-15-21-7-8-24(37-21)25(40)10-12-44-28/h4-6,9,11,13-14,18,21,24-25,28,37,42H,7-8,10,12,15-17H2,1-3H3. The number of aromatic nitrogens is 3. The maximum atomic E-state index is 14.4. The average molecular weight is 613 g/mol. The first-order chi connectivity index (χ1) is 21.3. The fourth-order valence-electron chi connectivity index (χ4n) is 8.06. The molecule has 2 fully saturated rings. The molecule has 4 unspecified atom stereocenters. The van der Waals surface area contributed by atoms with Crippen LogP contribution in [0.15, 0.2) is 47.4 Å². The number of aromatic hydroxyl groups is 1. The second-order valence-corrected chi connectivity index (χ2v) is 13.4. The van der Waals surface area contributed by atoms with Gasteiger partial charge in [0.2, 0.25) is 0 Å². The third-order valence-electron chi connectivity index (χ3n) is 9.98. The van der Waals surface area contributed by atoms with E-state index in [2.05, 4.69) is 29.0 Å². The first-order valence-electron chi connectivity index (χ1n) is 15.7. The number of hydrogen-bond acceptors (Lipinski definition) is 8. The van der Waals surface area contributed by atoms with Gasteiger partial charge in [-0.1, -0.05) is 37.6 Å². The number of nitrogens with zero attached hydrogens (tertiary/aromatic N) is 5. The molecule has 4 aliphatic rings. The number of hydrogen-bond donors (Lipinski definition) is 2. The maximum absolute atomic E-state index is 14.4. The zero-order valence-corrected chi connectivity index (χ0v) is 26.0. The Balaban J connectivity index is 1.39. The molecule has 0 amide bonds. The minimum absolute atomic E-state index is 0.0970. The molecule has 2 saturated heterocycles. The van der Waals surface area contributed by atoms with Crippen LogP contribution in [-0.4, -0.2) is 57.5 Å². The Morgan fingerprint density at radius 3 is 2.84 bits per heavy atom. The molecule has 4 aromatic rings. The number of halogens is 1. The van der Waals surface area contributed by atoms with Crippen LogP contribution in [0.3, 0.4) is 0 Å². The molecule has 2 aromatic carbocycles. The molecular weight excluding hydrogens is 576 g/mol. The van der Waals surface area contributed by atoms with E-state index in [-0.39, 0.29) is 29.5 Å². The van der Waals surface area contributed by atoms with Crippen molar-refractivity contribution < 1.29 is 9.84 Å². The molecule has 228 valence electrons. The van der Waals surface area contributed by atoms with E-state index in [9.17, 15) is 9.90 Å². The van der Waals surface area contributed by atoms with Crippen molar-refractivity contribution in [2.24, 2.45) is 0 Å². The van der Waals surface area contributed by atoms with Crippen molar-refractivity contribution in [1.29, 1.82) is 0 Å². The minimum atomic E-state index is -0.332. The number of piperazine rings is 1. The van der Waals surface area contributed by atoms with Crippen LogP contribution in [-0.2, 0) is 11.3 Å². The summed E-state index contributed by atoms with van der Waals surface area (Å²) in [6.07, 6.45) is 4.60. The maximum Gasteiger partial charge on any atom is 0.354 e. The molecule has 9 nitrogen and oxygen atoms in total. The van der Waals surface area contributed by atoms with Crippen LogP contribution in [0.2, 0.25) is 5.02 Å². The molecule has 2 aromatic heterocycles. The van der Waals surface area contributed by atoms with Gasteiger partial charge in [0.25, 0.3) is 0 Å². The highest BCUT2D eigenvalue weighted by Gasteiger charge is 2.45. The van der Waals surface area contributed by atoms with Crippen molar-refractivity contribution in [2.45, 2.75) is 76.7 Å². The van der Waals surface area contributed by atoms with Gasteiger partial charge in [0.05, 0.1) is 34.3 Å². The molecule has 10 heteroatoms. The van der Waals surface area contributed by atoms with E-state index in [1.165, 1.54) is 0 Å². The number of rotatable bonds is 3. The summed E-state index contributed by atoms with van der Waals surface area (Å²) in [5.41, 5.74) is 4.95. The third kappa shape index (κ3) is 4.31. The molecule has 4 atom stereocenters. The molecule has 2 N–H and O–H groups in total. The lowest BCUT2D eigenvalue weighted by Gasteiger charge is -2.47. The molecule has 0 radical (unpaired) electrons. The summed E-state index contributed by atoms with van der Waals surface area (Å²) in [5.74, 6) is 1.02. The predicted octanol–water partition coefficient (Wildman–Crippen LogP) is 5.36. The predicted molar refractivity (Wildman–Crippen MR) is 173 cm³/mol. The quantitative estimate of drug-likeness (QED) is 0.319. The SMILES string of the molecule is Cc1ccnc(C(C)C)c1-n1c2c3c(nc1=O)N1CC4CCC(N4)C1CCOC3CN(c1cc(O)cc3cccc(Cl)c13)C2. The summed E-state index contributed by atoms with van der Waals surface area (Å²) in [5, 5.41) is 16.9. The Morgan fingerprint density at radius 2 is 2.00 bits per heavy atom. The van der Waals surface area contributed by atoms with Gasteiger partial charge in [-0.05, 0) is 61.3 Å². The number of ether oxygens (including phenoxy) is 1. The van der Waals surface area contributed by atoms with Gasteiger partial charge in [-0.25, -0.2) is 4.79 Å². The highest BCUT2D eigenvalue weighted by atomic mass is 35.5. The van der Waals surface area contributed by atoms with Crippen LogP contribution in [0.5, 0.6) is 5.75 Å². The number of nitrogens with one attached hydrogen (secondary N) is 1. The van der Waals surface area contributed by atoms with Gasteiger partial charge in [0.15, 0.2) is 0 Å². The van der Waals surface area contributed by atoms with Gasteiger partial charge in [-0.3, -0.25) is 9.55 Å². The number of phenolic OH excluding ortho intramolecular Hbond substituents is 1. The molecule has 8 rings (SSSR count). The van der Waals surface area contributed by atoms with E-state index in [4.69, 9.17) is 26.3 Å². The zero-order chi connectivity index (χ0) is 30.3. The Labute approximate surface area is 261 Å². The van der Waals surface area contributed by atoms with Crippen LogP contribution >= 0.6 is 11.6 Å². The number of fused-ring (bicyclic) bond motifs is 6. The molecule has 0 spiro atoms. The van der Waals surface area contributed by atoms with Crippen LogP contribution < -0.4 is 20.8 Å². The van der Waals surface area contributed by atoms with Gasteiger partial charge in [0, 0.05) is 61.0 Å². The van der Waals surface area contributed by atoms with Gasteiger partial charge in [0.1, 0.15) is 17.7 Å². The number of phenols is 1. The first kappa shape index (κ1) is 27.9. The fraction of sp³-hybridized carbons (Fsp3) is 0.441. The van der Waals surface area contributed by atoms with Gasteiger partial charge in [-0.15, -0.1) is 0 Å². The summed E-state index contributed by atoms with van der Waals surface area (Å²) in [4.78, 5) is 28.7. The lowest BCUT2D eigenvalue weighted by Crippen LogP contribution is -2.60. The van der Waals surface area contributed by atoms with Crippen molar-refractivity contribution in [1.82, 2.24) is 19.9 Å². The number of anilines is 2. The Kier molecular flexibility index (Phi) is 6.63. The van der Waals surface area contributed by atoms with E-state index in [0.717, 1.165) is 76.3 Å². The third-order valence-corrected chi connectivity index (χ3v) is 10.3. The van der Waals surface area contributed by atoms with Crippen LogP contribution in [0, 0.1) is 6.92 Å². The summed E-state index contributed by atoms with van der Waals surface area (Å²) < 4.78 is 8.54. The van der Waals surface area contributed by atoms with E-state index in [1.54, 1.807) is 16.7 Å². The van der Waals surface area contributed by atoms with Crippen LogP contribution in [0.25, 0.3) is 16.5 Å². The van der Waals surface area contributed by atoms with Crippen molar-refractivity contribution in [3.05, 3.63) is 80.6 Å². The highest BCUT2D eigenvalue weighted by molar-refractivity contribution is 6.36. The highest BCUT2D eigenvalue weighted by Crippen LogP contribution is 2.45. The Morgan fingerprint density at radius 1 is 1.14 bits per heavy atom. The van der Waals surface area contributed by atoms with Crippen molar-refractivity contribution in [3.63, 3.8) is 0 Å². The molecule has 0 aliphatic carbocycles. The number of pyridine rings is 1. The molecule has 44 heavy (non-hydrogen) atoms. The molecule has 6 heterocycles. The smallest absolute Gasteiger partial charge is 0.354 e. The monoisotopic (exact) mass is 612 g/mol. The lowest BCUT2D eigenvalue weighted by atomic mass is 9.94. The second kappa shape index (κ2) is 10.5. The van der Waals surface area contributed by atoms with Crippen LogP contribution in [0.4, 0.5) is 11.5 Å². The minimum Gasteiger partial charge on any atom is -0.508 e. The van der Waals surface area contributed by atoms with Gasteiger partial charge < -0.3 is 25.0 Å². The molecule has 2 bridgehead atoms. The number of aryl methyl sites for hydroxylation is 1. The van der Waals surface area contributed by atoms with E-state index in [0.29, 0.717) is 36.8 Å². The Bertz CT molecular complexity index is 1860. The first-order valence-corrected chi connectivity index (χ1v) is 16.1. The second-order valence-electron chi connectivity index (χ2n) is 13.0. The largest absolute Gasteiger partial charge is 0.508 e. The summed E-state index contributed by atoms with van der Waals surface area (Å²) in [6, 6.07) is 12.2. The van der Waals surface area contributed by atoms with Gasteiger partial charge >= 0.3 is 5.69 Å². The van der Waals surface area contributed by atoms with Crippen LogP contribution in [0.1, 0.15) is 67.6 Å². The van der Waals surface area contributed by atoms with Crippen molar-refractivity contribution in [2.75, 3.05) is 29.5 Å². The van der Waals surface area contributed by atoms with E-state index >= 15 is 0 Å². The van der Waals surface area contributed by atoms with E-state index < -0.39 is 0 Å². The van der Waals surface area contributed by atoms with Gasteiger partial charge in [-0.2, -0.15) is 4.98 Å².